The quantitative estimate of drug-likeness (QED) is 0.748. The van der Waals surface area contributed by atoms with E-state index in [9.17, 15) is 9.59 Å². The van der Waals surface area contributed by atoms with Crippen molar-refractivity contribution in [1.82, 2.24) is 4.90 Å². The molecular weight excluding hydrogens is 350 g/mol. The largest absolute Gasteiger partial charge is 0.372 e. The van der Waals surface area contributed by atoms with E-state index in [1.807, 2.05) is 50.2 Å². The second-order valence-electron chi connectivity index (χ2n) is 7.08. The van der Waals surface area contributed by atoms with Crippen molar-refractivity contribution in [3.63, 3.8) is 0 Å². The van der Waals surface area contributed by atoms with Gasteiger partial charge in [-0.1, -0.05) is 29.8 Å². The molecule has 150 valence electrons. The van der Waals surface area contributed by atoms with E-state index in [4.69, 9.17) is 0 Å². The average molecular weight is 382 g/mol. The fourth-order valence-corrected chi connectivity index (χ4v) is 3.13. The first-order valence-electron chi connectivity index (χ1n) is 9.80. The van der Waals surface area contributed by atoms with Crippen molar-refractivity contribution >= 4 is 23.2 Å². The summed E-state index contributed by atoms with van der Waals surface area (Å²) in [5, 5.41) is 2.94. The molecular formula is C23H31N3O2. The van der Waals surface area contributed by atoms with Gasteiger partial charge in [0.15, 0.2) is 0 Å². The van der Waals surface area contributed by atoms with Gasteiger partial charge in [0, 0.05) is 37.9 Å². The molecule has 0 saturated heterocycles. The van der Waals surface area contributed by atoms with Crippen molar-refractivity contribution < 1.29 is 9.59 Å². The van der Waals surface area contributed by atoms with Gasteiger partial charge in [0.25, 0.3) is 0 Å². The predicted molar refractivity (Wildman–Crippen MR) is 116 cm³/mol. The molecule has 5 nitrogen and oxygen atoms in total. The molecule has 0 saturated carbocycles. The molecule has 0 bridgehead atoms. The van der Waals surface area contributed by atoms with Crippen LogP contribution in [0, 0.1) is 13.8 Å². The van der Waals surface area contributed by atoms with Crippen LogP contribution in [0.1, 0.15) is 37.5 Å². The lowest BCUT2D eigenvalue weighted by molar-refractivity contribution is -0.133. The summed E-state index contributed by atoms with van der Waals surface area (Å²) in [7, 11) is 0. The van der Waals surface area contributed by atoms with Crippen molar-refractivity contribution in [2.75, 3.05) is 29.9 Å². The zero-order chi connectivity index (χ0) is 20.7. The van der Waals surface area contributed by atoms with Crippen molar-refractivity contribution in [2.24, 2.45) is 0 Å². The van der Waals surface area contributed by atoms with Gasteiger partial charge in [0.2, 0.25) is 11.8 Å². The molecule has 28 heavy (non-hydrogen) atoms. The maximum absolute atomic E-state index is 12.5. The van der Waals surface area contributed by atoms with Gasteiger partial charge >= 0.3 is 0 Å². The maximum Gasteiger partial charge on any atom is 0.244 e. The van der Waals surface area contributed by atoms with E-state index in [1.165, 1.54) is 12.5 Å². The Morgan fingerprint density at radius 3 is 2.14 bits per heavy atom. The van der Waals surface area contributed by atoms with E-state index in [-0.39, 0.29) is 18.4 Å². The minimum absolute atomic E-state index is 0.0282. The van der Waals surface area contributed by atoms with E-state index in [2.05, 4.69) is 30.1 Å². The lowest BCUT2D eigenvalue weighted by atomic mass is 10.1. The molecule has 0 radical (unpaired) electrons. The van der Waals surface area contributed by atoms with Crippen LogP contribution >= 0.6 is 0 Å². The molecule has 2 amide bonds. The zero-order valence-corrected chi connectivity index (χ0v) is 17.6. The molecule has 2 aromatic rings. The van der Waals surface area contributed by atoms with Crippen LogP contribution in [-0.4, -0.2) is 36.3 Å². The SMILES string of the molecule is CCN(CC)c1ccc(NC(=O)CN(Cc2ccc(C)cc2)C(C)=O)c(C)c1. The first-order valence-corrected chi connectivity index (χ1v) is 9.80. The van der Waals surface area contributed by atoms with Gasteiger partial charge in [-0.3, -0.25) is 9.59 Å². The molecule has 0 unspecified atom stereocenters. The van der Waals surface area contributed by atoms with Crippen molar-refractivity contribution in [3.8, 4) is 0 Å². The second kappa shape index (κ2) is 9.93. The summed E-state index contributed by atoms with van der Waals surface area (Å²) in [5.74, 6) is -0.315. The summed E-state index contributed by atoms with van der Waals surface area (Å²) >= 11 is 0. The highest BCUT2D eigenvalue weighted by Gasteiger charge is 2.15. The average Bonchev–Trinajstić information content (AvgIpc) is 2.66. The third-order valence-electron chi connectivity index (χ3n) is 4.89. The van der Waals surface area contributed by atoms with Crippen molar-refractivity contribution in [2.45, 2.75) is 41.2 Å². The highest BCUT2D eigenvalue weighted by molar-refractivity contribution is 5.95. The molecule has 0 aliphatic rings. The summed E-state index contributed by atoms with van der Waals surface area (Å²) in [4.78, 5) is 28.4. The van der Waals surface area contributed by atoms with Crippen LogP contribution in [0.2, 0.25) is 0 Å². The Bertz CT molecular complexity index is 811. The fraction of sp³-hybridized carbons (Fsp3) is 0.391. The third kappa shape index (κ3) is 5.84. The first kappa shape index (κ1) is 21.5. The van der Waals surface area contributed by atoms with Crippen LogP contribution in [0.4, 0.5) is 11.4 Å². The molecule has 1 N–H and O–H groups in total. The smallest absolute Gasteiger partial charge is 0.244 e. The van der Waals surface area contributed by atoms with Gasteiger partial charge in [0.05, 0.1) is 0 Å². The zero-order valence-electron chi connectivity index (χ0n) is 17.6. The number of aryl methyl sites for hydroxylation is 2. The van der Waals surface area contributed by atoms with E-state index >= 15 is 0 Å². The van der Waals surface area contributed by atoms with Crippen LogP contribution in [0.3, 0.4) is 0 Å². The summed E-state index contributed by atoms with van der Waals surface area (Å²) in [6.45, 7) is 12.1. The lowest BCUT2D eigenvalue weighted by Crippen LogP contribution is -2.36. The number of amides is 2. The minimum Gasteiger partial charge on any atom is -0.372 e. The number of nitrogens with one attached hydrogen (secondary N) is 1. The number of carbonyl (C=O) groups excluding carboxylic acids is 2. The highest BCUT2D eigenvalue weighted by Crippen LogP contribution is 2.22. The standard InChI is InChI=1S/C23H31N3O2/c1-6-25(7-2)21-12-13-22(18(4)14-21)24-23(28)16-26(19(5)27)15-20-10-8-17(3)9-11-20/h8-14H,6-7,15-16H2,1-5H3,(H,24,28). The Balaban J connectivity index is 2.04. The molecule has 0 aliphatic heterocycles. The monoisotopic (exact) mass is 381 g/mol. The van der Waals surface area contributed by atoms with Gasteiger partial charge in [-0.05, 0) is 57.0 Å². The van der Waals surface area contributed by atoms with E-state index in [1.54, 1.807) is 4.90 Å². The number of hydrogen-bond donors (Lipinski definition) is 1. The van der Waals surface area contributed by atoms with Crippen LogP contribution in [0.5, 0.6) is 0 Å². The summed E-state index contributed by atoms with van der Waals surface area (Å²) in [6.07, 6.45) is 0. The number of benzene rings is 2. The molecule has 0 aliphatic carbocycles. The Kier molecular flexibility index (Phi) is 7.61. The number of hydrogen-bond acceptors (Lipinski definition) is 3. The Morgan fingerprint density at radius 1 is 0.964 bits per heavy atom. The van der Waals surface area contributed by atoms with Gasteiger partial charge in [-0.2, -0.15) is 0 Å². The van der Waals surface area contributed by atoms with E-state index in [0.717, 1.165) is 35.6 Å². The molecule has 5 heteroatoms. The number of nitrogens with zero attached hydrogens (tertiary/aromatic N) is 2. The molecule has 2 rings (SSSR count). The molecule has 0 fully saturated rings. The van der Waals surface area contributed by atoms with Crippen molar-refractivity contribution in [1.29, 1.82) is 0 Å². The minimum atomic E-state index is -0.194. The topological polar surface area (TPSA) is 52.7 Å². The summed E-state index contributed by atoms with van der Waals surface area (Å²) < 4.78 is 0. The lowest BCUT2D eigenvalue weighted by Gasteiger charge is -2.23. The van der Waals surface area contributed by atoms with Gasteiger partial charge in [0.1, 0.15) is 6.54 Å². The van der Waals surface area contributed by atoms with Crippen LogP contribution in [0.25, 0.3) is 0 Å². The van der Waals surface area contributed by atoms with Gasteiger partial charge in [-0.25, -0.2) is 0 Å². The van der Waals surface area contributed by atoms with Crippen LogP contribution in [-0.2, 0) is 16.1 Å². The maximum atomic E-state index is 12.5. The third-order valence-corrected chi connectivity index (χ3v) is 4.89. The van der Waals surface area contributed by atoms with Crippen molar-refractivity contribution in [3.05, 3.63) is 59.2 Å². The molecule has 0 heterocycles. The Morgan fingerprint density at radius 2 is 1.61 bits per heavy atom. The Labute approximate surface area is 168 Å². The summed E-state index contributed by atoms with van der Waals surface area (Å²) in [5.41, 5.74) is 5.10. The number of carbonyl (C=O) groups is 2. The highest BCUT2D eigenvalue weighted by atomic mass is 16.2. The second-order valence-corrected chi connectivity index (χ2v) is 7.08. The molecule has 0 spiro atoms. The van der Waals surface area contributed by atoms with Crippen LogP contribution < -0.4 is 10.2 Å². The van der Waals surface area contributed by atoms with E-state index < -0.39 is 0 Å². The molecule has 0 aromatic heterocycles. The van der Waals surface area contributed by atoms with Crippen LogP contribution in [0.15, 0.2) is 42.5 Å². The van der Waals surface area contributed by atoms with E-state index in [0.29, 0.717) is 6.54 Å². The van der Waals surface area contributed by atoms with Gasteiger partial charge in [-0.15, -0.1) is 0 Å². The molecule has 0 atom stereocenters. The predicted octanol–water partition coefficient (Wildman–Crippen LogP) is 4.14. The normalized spacial score (nSPS) is 10.5. The Hall–Kier alpha value is -2.82. The number of rotatable bonds is 8. The fourth-order valence-electron chi connectivity index (χ4n) is 3.13. The van der Waals surface area contributed by atoms with Gasteiger partial charge < -0.3 is 15.1 Å². The number of anilines is 2. The first-order chi connectivity index (χ1) is 13.3. The summed E-state index contributed by atoms with van der Waals surface area (Å²) in [6, 6.07) is 14.0. The molecule has 2 aromatic carbocycles.